The summed E-state index contributed by atoms with van der Waals surface area (Å²) in [5.74, 6) is -1.34. The average Bonchev–Trinajstić information content (AvgIpc) is 3.18. The van der Waals surface area contributed by atoms with Gasteiger partial charge in [0.1, 0.15) is 5.82 Å². The molecular weight excluding hydrogens is 347 g/mol. The summed E-state index contributed by atoms with van der Waals surface area (Å²) >= 11 is 0. The van der Waals surface area contributed by atoms with Gasteiger partial charge in [-0.05, 0) is 43.2 Å². The van der Waals surface area contributed by atoms with Crippen molar-refractivity contribution < 1.29 is 18.7 Å². The smallest absolute Gasteiger partial charge is 0.357 e. The van der Waals surface area contributed by atoms with Crippen molar-refractivity contribution in [3.63, 3.8) is 0 Å². The van der Waals surface area contributed by atoms with Crippen LogP contribution in [0, 0.1) is 5.82 Å². The van der Waals surface area contributed by atoms with Crippen molar-refractivity contribution in [3.05, 3.63) is 83.7 Å². The van der Waals surface area contributed by atoms with Crippen LogP contribution in [0.4, 0.5) is 4.39 Å². The number of ketones is 1. The molecule has 1 unspecified atom stereocenters. The Bertz CT molecular complexity index is 946. The van der Waals surface area contributed by atoms with Crippen molar-refractivity contribution in [2.45, 2.75) is 26.4 Å². The van der Waals surface area contributed by atoms with Gasteiger partial charge in [-0.3, -0.25) is 9.36 Å². The summed E-state index contributed by atoms with van der Waals surface area (Å²) < 4.78 is 19.9. The Hall–Kier alpha value is -3.28. The first-order valence-corrected chi connectivity index (χ1v) is 8.62. The van der Waals surface area contributed by atoms with Gasteiger partial charge >= 0.3 is 5.97 Å². The summed E-state index contributed by atoms with van der Waals surface area (Å²) in [5, 5.41) is 0. The maximum absolute atomic E-state index is 13.1. The number of Topliss-reactive ketones (excluding diaryl/α,β-unsaturated/α-hetero) is 1. The fourth-order valence-electron chi connectivity index (χ4n) is 2.67. The van der Waals surface area contributed by atoms with E-state index < -0.39 is 12.1 Å². The summed E-state index contributed by atoms with van der Waals surface area (Å²) in [6.07, 6.45) is 2.71. The molecule has 0 saturated heterocycles. The minimum absolute atomic E-state index is 0.155. The maximum Gasteiger partial charge on any atom is 0.357 e. The third-order valence-corrected chi connectivity index (χ3v) is 4.25. The van der Waals surface area contributed by atoms with Crippen molar-refractivity contribution in [1.82, 2.24) is 9.55 Å². The Kier molecular flexibility index (Phi) is 5.45. The van der Waals surface area contributed by atoms with Crippen LogP contribution >= 0.6 is 0 Å². The number of hydrogen-bond donors (Lipinski definition) is 0. The van der Waals surface area contributed by atoms with E-state index in [1.165, 1.54) is 48.3 Å². The zero-order chi connectivity index (χ0) is 19.4. The fourth-order valence-corrected chi connectivity index (χ4v) is 2.67. The quantitative estimate of drug-likeness (QED) is 0.489. The SMILES string of the molecule is CCc1ccc(C(=O)C(C)OC(=O)c2cncn2-c2ccc(F)cc2)cc1. The third kappa shape index (κ3) is 4.11. The molecule has 1 heterocycles. The van der Waals surface area contributed by atoms with Crippen molar-refractivity contribution in [1.29, 1.82) is 0 Å². The van der Waals surface area contributed by atoms with Gasteiger partial charge in [0.05, 0.1) is 12.5 Å². The highest BCUT2D eigenvalue weighted by Gasteiger charge is 2.23. The normalized spacial score (nSPS) is 11.8. The molecule has 0 fully saturated rings. The second-order valence-corrected chi connectivity index (χ2v) is 6.09. The van der Waals surface area contributed by atoms with Crippen LogP contribution in [0.3, 0.4) is 0 Å². The lowest BCUT2D eigenvalue weighted by Crippen LogP contribution is -2.25. The molecule has 5 nitrogen and oxygen atoms in total. The lowest BCUT2D eigenvalue weighted by Gasteiger charge is -2.13. The van der Waals surface area contributed by atoms with E-state index in [0.717, 1.165) is 12.0 Å². The number of nitrogens with zero attached hydrogens (tertiary/aromatic N) is 2. The minimum atomic E-state index is -0.943. The predicted molar refractivity (Wildman–Crippen MR) is 98.6 cm³/mol. The van der Waals surface area contributed by atoms with Crippen LogP contribution in [0.25, 0.3) is 5.69 Å². The number of carbonyl (C=O) groups is 2. The molecule has 2 aromatic carbocycles. The number of rotatable bonds is 6. The first-order valence-electron chi connectivity index (χ1n) is 8.62. The van der Waals surface area contributed by atoms with Gasteiger partial charge in [-0.25, -0.2) is 14.2 Å². The number of carbonyl (C=O) groups excluding carboxylic acids is 2. The summed E-state index contributed by atoms with van der Waals surface area (Å²) in [6.45, 7) is 3.57. The van der Waals surface area contributed by atoms with Gasteiger partial charge in [-0.1, -0.05) is 31.2 Å². The van der Waals surface area contributed by atoms with Gasteiger partial charge in [0.25, 0.3) is 0 Å². The summed E-state index contributed by atoms with van der Waals surface area (Å²) in [4.78, 5) is 29.0. The largest absolute Gasteiger partial charge is 0.450 e. The van der Waals surface area contributed by atoms with E-state index in [2.05, 4.69) is 4.98 Å². The molecule has 1 atom stereocenters. The molecule has 0 amide bonds. The molecule has 0 bridgehead atoms. The molecule has 0 radical (unpaired) electrons. The van der Waals surface area contributed by atoms with E-state index >= 15 is 0 Å². The molecule has 0 saturated carbocycles. The molecule has 3 rings (SSSR count). The maximum atomic E-state index is 13.1. The molecule has 27 heavy (non-hydrogen) atoms. The molecule has 0 N–H and O–H groups in total. The second kappa shape index (κ2) is 7.95. The van der Waals surface area contributed by atoms with Crippen molar-refractivity contribution >= 4 is 11.8 Å². The van der Waals surface area contributed by atoms with E-state index in [1.54, 1.807) is 12.1 Å². The van der Waals surface area contributed by atoms with E-state index in [-0.39, 0.29) is 17.3 Å². The van der Waals surface area contributed by atoms with Crippen molar-refractivity contribution in [2.75, 3.05) is 0 Å². The Morgan fingerprint density at radius 2 is 1.78 bits per heavy atom. The molecule has 0 aliphatic heterocycles. The van der Waals surface area contributed by atoms with Gasteiger partial charge in [-0.15, -0.1) is 0 Å². The topological polar surface area (TPSA) is 61.2 Å². The second-order valence-electron chi connectivity index (χ2n) is 6.09. The summed E-state index contributed by atoms with van der Waals surface area (Å²) in [7, 11) is 0. The number of aromatic nitrogens is 2. The molecule has 0 aliphatic carbocycles. The molecule has 3 aromatic rings. The van der Waals surface area contributed by atoms with Gasteiger partial charge < -0.3 is 4.74 Å². The number of halogens is 1. The minimum Gasteiger partial charge on any atom is -0.450 e. The highest BCUT2D eigenvalue weighted by molar-refractivity contribution is 6.01. The summed E-state index contributed by atoms with van der Waals surface area (Å²) in [6, 6.07) is 12.8. The van der Waals surface area contributed by atoms with E-state index in [9.17, 15) is 14.0 Å². The van der Waals surface area contributed by atoms with E-state index in [0.29, 0.717) is 11.3 Å². The van der Waals surface area contributed by atoms with Crippen LogP contribution in [0.5, 0.6) is 0 Å². The molecule has 6 heteroatoms. The molecule has 0 aliphatic rings. The number of esters is 1. The Balaban J connectivity index is 1.74. The molecule has 0 spiro atoms. The van der Waals surface area contributed by atoms with Crippen LogP contribution in [0.15, 0.2) is 61.1 Å². The zero-order valence-electron chi connectivity index (χ0n) is 15.1. The molecular formula is C21H19FN2O3. The number of aryl methyl sites for hydroxylation is 1. The predicted octanol–water partition coefficient (Wildman–Crippen LogP) is 4.00. The first kappa shape index (κ1) is 18.5. The lowest BCUT2D eigenvalue weighted by atomic mass is 10.0. The number of benzene rings is 2. The van der Waals surface area contributed by atoms with Crippen LogP contribution < -0.4 is 0 Å². The number of ether oxygens (including phenoxy) is 1. The van der Waals surface area contributed by atoms with Crippen molar-refractivity contribution in [3.8, 4) is 5.69 Å². The molecule has 138 valence electrons. The van der Waals surface area contributed by atoms with Crippen LogP contribution in [0.2, 0.25) is 0 Å². The van der Waals surface area contributed by atoms with Crippen molar-refractivity contribution in [2.24, 2.45) is 0 Å². The highest BCUT2D eigenvalue weighted by atomic mass is 19.1. The number of hydrogen-bond acceptors (Lipinski definition) is 4. The summed E-state index contributed by atoms with van der Waals surface area (Å²) in [5.41, 5.74) is 2.33. The first-order chi connectivity index (χ1) is 13.0. The van der Waals surface area contributed by atoms with Gasteiger partial charge in [0.15, 0.2) is 11.8 Å². The van der Waals surface area contributed by atoms with E-state index in [1.807, 2.05) is 19.1 Å². The third-order valence-electron chi connectivity index (χ3n) is 4.25. The Morgan fingerprint density at radius 3 is 2.41 bits per heavy atom. The fraction of sp³-hybridized carbons (Fsp3) is 0.190. The molecule has 1 aromatic heterocycles. The highest BCUT2D eigenvalue weighted by Crippen LogP contribution is 2.15. The van der Waals surface area contributed by atoms with Gasteiger partial charge in [0, 0.05) is 11.3 Å². The Morgan fingerprint density at radius 1 is 1.11 bits per heavy atom. The Labute approximate surface area is 156 Å². The van der Waals surface area contributed by atoms with Gasteiger partial charge in [0.2, 0.25) is 5.78 Å². The van der Waals surface area contributed by atoms with E-state index in [4.69, 9.17) is 4.74 Å². The van der Waals surface area contributed by atoms with Crippen LogP contribution in [-0.4, -0.2) is 27.4 Å². The zero-order valence-corrected chi connectivity index (χ0v) is 15.1. The monoisotopic (exact) mass is 366 g/mol. The number of imidazole rings is 1. The average molecular weight is 366 g/mol. The standard InChI is InChI=1S/C21H19FN2O3/c1-3-15-4-6-16(7-5-15)20(25)14(2)27-21(26)19-12-23-13-24(19)18-10-8-17(22)9-11-18/h4-14H,3H2,1-2H3. The van der Waals surface area contributed by atoms with Crippen LogP contribution in [0.1, 0.15) is 40.3 Å². The van der Waals surface area contributed by atoms with Crippen LogP contribution in [-0.2, 0) is 11.2 Å². The lowest BCUT2D eigenvalue weighted by molar-refractivity contribution is 0.0311. The van der Waals surface area contributed by atoms with Gasteiger partial charge in [-0.2, -0.15) is 0 Å².